The van der Waals surface area contributed by atoms with Gasteiger partial charge in [-0.05, 0) is 49.1 Å². The number of piperidine rings is 1. The average molecular weight is 377 g/mol. The molecule has 0 bridgehead atoms. The first-order chi connectivity index (χ1) is 13.7. The zero-order chi connectivity index (χ0) is 19.3. The standard InChI is InChI=1S/C22H27N5O/c1-17-25-24-16-27(17)13-12-26-11-5-6-18(15-26)14-23-22(28)21-10-4-8-19-7-2-3-9-20(19)21/h2-4,7-10,16,18H,5-6,11-15H2,1H3,(H,23,28)/t18-/m1/s1. The number of rotatable bonds is 6. The van der Waals surface area contributed by atoms with Gasteiger partial charge in [-0.15, -0.1) is 10.2 Å². The molecule has 0 saturated carbocycles. The van der Waals surface area contributed by atoms with Crippen molar-refractivity contribution in [2.75, 3.05) is 26.2 Å². The van der Waals surface area contributed by atoms with E-state index in [1.165, 1.54) is 6.42 Å². The molecule has 4 rings (SSSR count). The van der Waals surface area contributed by atoms with E-state index in [1.54, 1.807) is 6.33 Å². The largest absolute Gasteiger partial charge is 0.352 e. The Balaban J connectivity index is 1.31. The molecule has 1 aliphatic rings. The minimum Gasteiger partial charge on any atom is -0.352 e. The molecule has 28 heavy (non-hydrogen) atoms. The quantitative estimate of drug-likeness (QED) is 0.717. The highest BCUT2D eigenvalue weighted by Crippen LogP contribution is 2.19. The summed E-state index contributed by atoms with van der Waals surface area (Å²) in [7, 11) is 0. The second-order valence-electron chi connectivity index (χ2n) is 7.62. The van der Waals surface area contributed by atoms with Gasteiger partial charge in [0.1, 0.15) is 12.2 Å². The molecule has 6 nitrogen and oxygen atoms in total. The topological polar surface area (TPSA) is 63.1 Å². The SMILES string of the molecule is Cc1nncn1CCN1CCC[C@H](CNC(=O)c2cccc3ccccc23)C1. The maximum Gasteiger partial charge on any atom is 0.251 e. The second kappa shape index (κ2) is 8.52. The highest BCUT2D eigenvalue weighted by Gasteiger charge is 2.21. The Bertz CT molecular complexity index is 946. The lowest BCUT2D eigenvalue weighted by Gasteiger charge is -2.32. The van der Waals surface area contributed by atoms with Gasteiger partial charge in [0.25, 0.3) is 5.91 Å². The van der Waals surface area contributed by atoms with E-state index < -0.39 is 0 Å². The lowest BCUT2D eigenvalue weighted by molar-refractivity contribution is 0.0933. The van der Waals surface area contributed by atoms with E-state index in [4.69, 9.17) is 0 Å². The lowest BCUT2D eigenvalue weighted by Crippen LogP contribution is -2.42. The molecular weight excluding hydrogens is 350 g/mol. The summed E-state index contributed by atoms with van der Waals surface area (Å²) < 4.78 is 2.09. The Kier molecular flexibility index (Phi) is 5.67. The van der Waals surface area contributed by atoms with Gasteiger partial charge in [-0.3, -0.25) is 4.79 Å². The molecule has 2 heterocycles. The summed E-state index contributed by atoms with van der Waals surface area (Å²) in [6.07, 6.45) is 4.13. The maximum absolute atomic E-state index is 12.8. The van der Waals surface area contributed by atoms with Crippen LogP contribution in [0.25, 0.3) is 10.8 Å². The number of aryl methyl sites for hydroxylation is 1. The molecule has 6 heteroatoms. The number of hydrogen-bond donors (Lipinski definition) is 1. The Morgan fingerprint density at radius 2 is 2.04 bits per heavy atom. The number of amides is 1. The molecule has 0 aliphatic carbocycles. The lowest BCUT2D eigenvalue weighted by atomic mass is 9.97. The van der Waals surface area contributed by atoms with Crippen LogP contribution in [0.15, 0.2) is 48.8 Å². The normalized spacial score (nSPS) is 17.7. The Morgan fingerprint density at radius 1 is 1.18 bits per heavy atom. The molecule has 0 radical (unpaired) electrons. The molecule has 146 valence electrons. The predicted molar refractivity (Wildman–Crippen MR) is 110 cm³/mol. The first-order valence-corrected chi connectivity index (χ1v) is 10.0. The molecule has 1 saturated heterocycles. The van der Waals surface area contributed by atoms with Gasteiger partial charge in [-0.25, -0.2) is 0 Å². The van der Waals surface area contributed by atoms with Crippen LogP contribution in [0.4, 0.5) is 0 Å². The van der Waals surface area contributed by atoms with E-state index in [0.29, 0.717) is 5.92 Å². The van der Waals surface area contributed by atoms with Gasteiger partial charge in [-0.2, -0.15) is 0 Å². The van der Waals surface area contributed by atoms with Gasteiger partial charge in [0.15, 0.2) is 0 Å². The molecule has 1 fully saturated rings. The molecular formula is C22H27N5O. The first kappa shape index (κ1) is 18.6. The fourth-order valence-electron chi connectivity index (χ4n) is 4.06. The van der Waals surface area contributed by atoms with Crippen molar-refractivity contribution < 1.29 is 4.79 Å². The minimum atomic E-state index is 0.0223. The summed E-state index contributed by atoms with van der Waals surface area (Å²) >= 11 is 0. The van der Waals surface area contributed by atoms with Crippen molar-refractivity contribution in [1.29, 1.82) is 0 Å². The van der Waals surface area contributed by atoms with Crippen molar-refractivity contribution in [3.05, 3.63) is 60.2 Å². The Hall–Kier alpha value is -2.73. The van der Waals surface area contributed by atoms with Crippen molar-refractivity contribution in [1.82, 2.24) is 25.0 Å². The number of nitrogens with one attached hydrogen (secondary N) is 1. The highest BCUT2D eigenvalue weighted by molar-refractivity contribution is 6.06. The summed E-state index contributed by atoms with van der Waals surface area (Å²) in [6.45, 7) is 6.76. The molecule has 2 aromatic carbocycles. The average Bonchev–Trinajstić information content (AvgIpc) is 3.15. The number of likely N-dealkylation sites (tertiary alicyclic amines) is 1. The van der Waals surface area contributed by atoms with Crippen LogP contribution < -0.4 is 5.32 Å². The Morgan fingerprint density at radius 3 is 2.89 bits per heavy atom. The third-order valence-corrected chi connectivity index (χ3v) is 5.65. The van der Waals surface area contributed by atoms with Crippen LogP contribution in [0, 0.1) is 12.8 Å². The number of carbonyl (C=O) groups excluding carboxylic acids is 1. The van der Waals surface area contributed by atoms with E-state index >= 15 is 0 Å². The van der Waals surface area contributed by atoms with E-state index in [0.717, 1.165) is 61.3 Å². The van der Waals surface area contributed by atoms with Crippen molar-refractivity contribution in [3.8, 4) is 0 Å². The van der Waals surface area contributed by atoms with Crippen molar-refractivity contribution >= 4 is 16.7 Å². The van der Waals surface area contributed by atoms with Gasteiger partial charge in [-0.1, -0.05) is 36.4 Å². The van der Waals surface area contributed by atoms with Gasteiger partial charge in [0.2, 0.25) is 0 Å². The van der Waals surface area contributed by atoms with Crippen LogP contribution in [0.2, 0.25) is 0 Å². The van der Waals surface area contributed by atoms with Crippen molar-refractivity contribution in [3.63, 3.8) is 0 Å². The van der Waals surface area contributed by atoms with Gasteiger partial charge < -0.3 is 14.8 Å². The molecule has 3 aromatic rings. The fraction of sp³-hybridized carbons (Fsp3) is 0.409. The Labute approximate surface area is 165 Å². The molecule has 1 aromatic heterocycles. The second-order valence-corrected chi connectivity index (χ2v) is 7.62. The number of hydrogen-bond acceptors (Lipinski definition) is 4. The summed E-state index contributed by atoms with van der Waals surface area (Å²) in [6, 6.07) is 13.9. The minimum absolute atomic E-state index is 0.0223. The maximum atomic E-state index is 12.8. The summed E-state index contributed by atoms with van der Waals surface area (Å²) in [5.74, 6) is 1.47. The van der Waals surface area contributed by atoms with Gasteiger partial charge in [0, 0.05) is 31.7 Å². The van der Waals surface area contributed by atoms with E-state index in [9.17, 15) is 4.79 Å². The van der Waals surface area contributed by atoms with E-state index in [2.05, 4.69) is 25.0 Å². The van der Waals surface area contributed by atoms with E-state index in [-0.39, 0.29) is 5.91 Å². The predicted octanol–water partition coefficient (Wildman–Crippen LogP) is 2.88. The monoisotopic (exact) mass is 377 g/mol. The molecule has 1 amide bonds. The summed E-state index contributed by atoms with van der Waals surface area (Å²) in [5.41, 5.74) is 0.758. The van der Waals surface area contributed by atoms with Crippen LogP contribution >= 0.6 is 0 Å². The van der Waals surface area contributed by atoms with Crippen LogP contribution in [-0.2, 0) is 6.54 Å². The van der Waals surface area contributed by atoms with Crippen molar-refractivity contribution in [2.24, 2.45) is 5.92 Å². The van der Waals surface area contributed by atoms with Crippen LogP contribution in [0.1, 0.15) is 29.0 Å². The van der Waals surface area contributed by atoms with Crippen LogP contribution in [0.3, 0.4) is 0 Å². The summed E-state index contributed by atoms with van der Waals surface area (Å²) in [4.78, 5) is 15.2. The fourth-order valence-corrected chi connectivity index (χ4v) is 4.06. The van der Waals surface area contributed by atoms with E-state index in [1.807, 2.05) is 49.4 Å². The molecule has 1 aliphatic heterocycles. The third-order valence-electron chi connectivity index (χ3n) is 5.65. The van der Waals surface area contributed by atoms with Gasteiger partial charge >= 0.3 is 0 Å². The van der Waals surface area contributed by atoms with Crippen molar-refractivity contribution in [2.45, 2.75) is 26.3 Å². The highest BCUT2D eigenvalue weighted by atomic mass is 16.1. The van der Waals surface area contributed by atoms with Crippen LogP contribution in [-0.4, -0.2) is 51.8 Å². The number of carbonyl (C=O) groups is 1. The zero-order valence-corrected chi connectivity index (χ0v) is 16.3. The number of aromatic nitrogens is 3. The zero-order valence-electron chi connectivity index (χ0n) is 16.3. The smallest absolute Gasteiger partial charge is 0.251 e. The first-order valence-electron chi connectivity index (χ1n) is 10.0. The third kappa shape index (κ3) is 4.22. The molecule has 0 unspecified atom stereocenters. The molecule has 1 atom stereocenters. The summed E-state index contributed by atoms with van der Waals surface area (Å²) in [5, 5.41) is 13.3. The number of fused-ring (bicyclic) bond motifs is 1. The molecule has 1 N–H and O–H groups in total. The number of benzene rings is 2. The molecule has 0 spiro atoms. The number of nitrogens with zero attached hydrogens (tertiary/aromatic N) is 4. The van der Waals surface area contributed by atoms with Gasteiger partial charge in [0.05, 0.1) is 0 Å². The van der Waals surface area contributed by atoms with Crippen LogP contribution in [0.5, 0.6) is 0 Å².